The number of rotatable bonds is 6. The Morgan fingerprint density at radius 3 is 2.03 bits per heavy atom. The van der Waals surface area contributed by atoms with Gasteiger partial charge in [-0.25, -0.2) is 0 Å². The number of benzene rings is 7. The third-order valence-corrected chi connectivity index (χ3v) is 14.3. The molecule has 11 rings (SSSR count). The van der Waals surface area contributed by atoms with Gasteiger partial charge < -0.3 is 4.42 Å². The fourth-order valence-corrected chi connectivity index (χ4v) is 11.1. The Hall–Kier alpha value is -7.26. The van der Waals surface area contributed by atoms with Gasteiger partial charge in [0.05, 0.1) is 0 Å². The topological polar surface area (TPSA) is 13.1 Å². The van der Waals surface area contributed by atoms with E-state index in [2.05, 4.69) is 216 Å². The van der Waals surface area contributed by atoms with Crippen molar-refractivity contribution in [2.75, 3.05) is 0 Å². The molecule has 302 valence electrons. The van der Waals surface area contributed by atoms with E-state index in [1.807, 2.05) is 17.4 Å². The molecule has 2 aromatic heterocycles. The average molecular weight is 827 g/mol. The molecule has 0 radical (unpaired) electrons. The lowest BCUT2D eigenvalue weighted by Gasteiger charge is -2.19. The molecule has 63 heavy (non-hydrogen) atoms. The summed E-state index contributed by atoms with van der Waals surface area (Å²) in [4.78, 5) is 0. The van der Waals surface area contributed by atoms with Gasteiger partial charge in [-0.05, 0) is 133 Å². The second kappa shape index (κ2) is 15.3. The van der Waals surface area contributed by atoms with Crippen molar-refractivity contribution < 1.29 is 4.42 Å². The first kappa shape index (κ1) is 38.6. The van der Waals surface area contributed by atoms with E-state index in [4.69, 9.17) is 4.42 Å². The standard InChI is InChI=1S/C61H46OS/c1-6-40-19-11-12-21-44(40)39(3)45-22-10-8-7-9-20-43(47-23-13-14-24-48(45)47)38(2)29-30-42-37-61(4,5)56-33-41(31-32-46(42)56)51-34-54-49-25-15-17-27-57(49)62-60(54)55-36-59-53(35-52(51)55)50-26-16-18-28-58(50)63-59/h6-36H,1,3,37H2,2,4-5H3/b8-7?,9-7?,10-8?,20-9?,22-10?,38-29+,42-30+,43-20?,45-22?,47-43?,48-45?. The zero-order valence-corrected chi connectivity index (χ0v) is 36.7. The van der Waals surface area contributed by atoms with Gasteiger partial charge in [0.25, 0.3) is 0 Å². The molecule has 1 aliphatic carbocycles. The Bertz CT molecular complexity index is 3670. The van der Waals surface area contributed by atoms with Crippen LogP contribution in [0.3, 0.4) is 0 Å². The van der Waals surface area contributed by atoms with E-state index in [0.717, 1.165) is 61.4 Å². The second-order valence-electron chi connectivity index (χ2n) is 17.5. The van der Waals surface area contributed by atoms with Gasteiger partial charge in [-0.2, -0.15) is 0 Å². The van der Waals surface area contributed by atoms with Crippen LogP contribution in [0.2, 0.25) is 0 Å². The lowest BCUT2D eigenvalue weighted by molar-refractivity contribution is 0.563. The van der Waals surface area contributed by atoms with Crippen molar-refractivity contribution in [3.63, 3.8) is 0 Å². The summed E-state index contributed by atoms with van der Waals surface area (Å²) in [5, 5.41) is 9.61. The first-order chi connectivity index (χ1) is 30.8. The van der Waals surface area contributed by atoms with Crippen LogP contribution in [0.25, 0.3) is 97.6 Å². The molecule has 0 amide bonds. The van der Waals surface area contributed by atoms with Gasteiger partial charge in [0.2, 0.25) is 0 Å². The van der Waals surface area contributed by atoms with Crippen LogP contribution in [0.15, 0.2) is 200 Å². The van der Waals surface area contributed by atoms with Gasteiger partial charge in [0.15, 0.2) is 0 Å². The summed E-state index contributed by atoms with van der Waals surface area (Å²) in [7, 11) is 0. The summed E-state index contributed by atoms with van der Waals surface area (Å²) >= 11 is 1.86. The molecule has 2 heteroatoms. The minimum atomic E-state index is -0.0445. The SMILES string of the molecule is C=Cc1ccccc1C(=C)c1ccccccc(/C(C)=C/C=C2\CC(C)(C)c3cc(-c4cc5c6ccccc6oc5c5cc6sc7ccccc7c6cc45)ccc32)c2ccccc12. The van der Waals surface area contributed by atoms with E-state index in [1.54, 1.807) is 0 Å². The van der Waals surface area contributed by atoms with Crippen molar-refractivity contribution >= 4 is 97.8 Å². The zero-order valence-electron chi connectivity index (χ0n) is 35.8. The van der Waals surface area contributed by atoms with Crippen LogP contribution in [0.5, 0.6) is 0 Å². The number of hydrogen-bond acceptors (Lipinski definition) is 2. The number of para-hydroxylation sites is 1. The van der Waals surface area contributed by atoms with Crippen LogP contribution >= 0.6 is 11.3 Å². The number of furan rings is 1. The zero-order chi connectivity index (χ0) is 42.8. The summed E-state index contributed by atoms with van der Waals surface area (Å²) in [6, 6.07) is 61.5. The molecule has 2 heterocycles. The highest BCUT2D eigenvalue weighted by Crippen LogP contribution is 2.49. The van der Waals surface area contributed by atoms with Gasteiger partial charge >= 0.3 is 0 Å². The number of allylic oxidation sites excluding steroid dienone is 4. The maximum Gasteiger partial charge on any atom is 0.143 e. The van der Waals surface area contributed by atoms with E-state index in [1.165, 1.54) is 69.9 Å². The molecule has 0 saturated heterocycles. The fourth-order valence-electron chi connectivity index (χ4n) is 10.0. The third kappa shape index (κ3) is 6.53. The summed E-state index contributed by atoms with van der Waals surface area (Å²) < 4.78 is 9.24. The van der Waals surface area contributed by atoms with E-state index in [-0.39, 0.29) is 5.41 Å². The van der Waals surface area contributed by atoms with Crippen LogP contribution in [0, 0.1) is 0 Å². The van der Waals surface area contributed by atoms with Crippen LogP contribution in [-0.2, 0) is 5.41 Å². The largest absolute Gasteiger partial charge is 0.455 e. The predicted octanol–water partition coefficient (Wildman–Crippen LogP) is 17.9. The predicted molar refractivity (Wildman–Crippen MR) is 275 cm³/mol. The highest BCUT2D eigenvalue weighted by atomic mass is 32.1. The number of hydrogen-bond donors (Lipinski definition) is 0. The maximum atomic E-state index is 6.65. The van der Waals surface area contributed by atoms with E-state index in [9.17, 15) is 0 Å². The Labute approximate surface area is 372 Å². The smallest absolute Gasteiger partial charge is 0.143 e. The van der Waals surface area contributed by atoms with Crippen LogP contribution in [0.1, 0.15) is 60.6 Å². The van der Waals surface area contributed by atoms with Crippen molar-refractivity contribution in [3.05, 3.63) is 229 Å². The quantitative estimate of drug-likeness (QED) is 0.163. The minimum Gasteiger partial charge on any atom is -0.455 e. The van der Waals surface area contributed by atoms with Crippen LogP contribution in [0.4, 0.5) is 0 Å². The third-order valence-electron chi connectivity index (χ3n) is 13.2. The average Bonchev–Trinajstić information content (AvgIpc) is 3.96. The fraction of sp³-hybridized carbons (Fsp3) is 0.0820. The summed E-state index contributed by atoms with van der Waals surface area (Å²) in [6.07, 6.45) is 7.55. The summed E-state index contributed by atoms with van der Waals surface area (Å²) in [5.41, 5.74) is 15.0. The molecular formula is C61H46OS. The molecule has 0 aliphatic heterocycles. The Morgan fingerprint density at radius 1 is 0.571 bits per heavy atom. The number of fused-ring (bicyclic) bond motifs is 10. The molecular weight excluding hydrogens is 781 g/mol. The molecule has 1 aliphatic rings. The van der Waals surface area contributed by atoms with Crippen LogP contribution < -0.4 is 0 Å². The lowest BCUT2D eigenvalue weighted by atomic mass is 9.84. The summed E-state index contributed by atoms with van der Waals surface area (Å²) in [5.74, 6) is 0. The normalized spacial score (nSPS) is 14.3. The molecule has 0 atom stereocenters. The molecule has 0 unspecified atom stereocenters. The first-order valence-electron chi connectivity index (χ1n) is 21.8. The second-order valence-corrected chi connectivity index (χ2v) is 18.6. The van der Waals surface area contributed by atoms with Gasteiger partial charge in [0.1, 0.15) is 11.2 Å². The van der Waals surface area contributed by atoms with Crippen molar-refractivity contribution in [1.29, 1.82) is 0 Å². The Morgan fingerprint density at radius 2 is 1.22 bits per heavy atom. The molecule has 0 spiro atoms. The maximum absolute atomic E-state index is 6.65. The highest BCUT2D eigenvalue weighted by Gasteiger charge is 2.33. The van der Waals surface area contributed by atoms with E-state index < -0.39 is 0 Å². The molecule has 0 fully saturated rings. The Kier molecular flexibility index (Phi) is 9.37. The first-order valence-corrected chi connectivity index (χ1v) is 22.6. The van der Waals surface area contributed by atoms with Gasteiger partial charge in [0, 0.05) is 36.3 Å². The summed E-state index contributed by atoms with van der Waals surface area (Å²) in [6.45, 7) is 15.8. The Balaban J connectivity index is 1.04. The van der Waals surface area contributed by atoms with Crippen molar-refractivity contribution in [2.24, 2.45) is 0 Å². The lowest BCUT2D eigenvalue weighted by Crippen LogP contribution is -2.11. The molecule has 10 aromatic rings. The molecule has 1 nitrogen and oxygen atoms in total. The minimum absolute atomic E-state index is 0.0445. The van der Waals surface area contributed by atoms with Crippen LogP contribution in [-0.4, -0.2) is 0 Å². The van der Waals surface area contributed by atoms with Gasteiger partial charge in [-0.1, -0.05) is 179 Å². The molecule has 0 N–H and O–H groups in total. The van der Waals surface area contributed by atoms with Crippen molar-refractivity contribution in [1.82, 2.24) is 0 Å². The molecule has 0 bridgehead atoms. The molecule has 8 aromatic carbocycles. The van der Waals surface area contributed by atoms with Gasteiger partial charge in [-0.15, -0.1) is 11.3 Å². The number of thiophene rings is 1. The van der Waals surface area contributed by atoms with E-state index >= 15 is 0 Å². The highest BCUT2D eigenvalue weighted by molar-refractivity contribution is 7.25. The van der Waals surface area contributed by atoms with Gasteiger partial charge in [-0.3, -0.25) is 0 Å². The van der Waals surface area contributed by atoms with Crippen molar-refractivity contribution in [2.45, 2.75) is 32.6 Å². The monoisotopic (exact) mass is 826 g/mol. The van der Waals surface area contributed by atoms with E-state index in [0.29, 0.717) is 0 Å². The molecule has 0 saturated carbocycles. The van der Waals surface area contributed by atoms with Crippen molar-refractivity contribution in [3.8, 4) is 11.1 Å².